The maximum Gasteiger partial charge on any atom is 0.247 e. The van der Waals surface area contributed by atoms with Crippen molar-refractivity contribution < 1.29 is 4.79 Å². The molecule has 1 rings (SSSR count). The summed E-state index contributed by atoms with van der Waals surface area (Å²) in [5, 5.41) is 2.79. The van der Waals surface area contributed by atoms with Gasteiger partial charge in [-0.3, -0.25) is 4.79 Å². The Morgan fingerprint density at radius 3 is 2.56 bits per heavy atom. The number of nitrogens with one attached hydrogen (secondary N) is 1. The summed E-state index contributed by atoms with van der Waals surface area (Å²) in [6, 6.07) is 7.94. The van der Waals surface area contributed by atoms with Crippen molar-refractivity contribution in [3.63, 3.8) is 0 Å². The molecule has 0 aliphatic heterocycles. The van der Waals surface area contributed by atoms with Gasteiger partial charge in [-0.25, -0.2) is 0 Å². The van der Waals surface area contributed by atoms with Crippen LogP contribution >= 0.6 is 0 Å². The van der Waals surface area contributed by atoms with E-state index in [0.717, 1.165) is 37.3 Å². The molecular weight excluding hydrogens is 224 g/mol. The summed E-state index contributed by atoms with van der Waals surface area (Å²) in [6.07, 6.45) is 3.51. The highest BCUT2D eigenvalue weighted by atomic mass is 16.1. The van der Waals surface area contributed by atoms with Crippen molar-refractivity contribution in [1.29, 1.82) is 0 Å². The van der Waals surface area contributed by atoms with Gasteiger partial charge >= 0.3 is 0 Å². The van der Waals surface area contributed by atoms with E-state index in [1.54, 1.807) is 0 Å². The van der Waals surface area contributed by atoms with Gasteiger partial charge in [-0.2, -0.15) is 0 Å². The molecule has 1 amide bonds. The van der Waals surface area contributed by atoms with Crippen molar-refractivity contribution >= 4 is 17.3 Å². The van der Waals surface area contributed by atoms with Gasteiger partial charge in [-0.15, -0.1) is 0 Å². The Hall–Kier alpha value is -1.77. The number of hydrogen-bond donors (Lipinski definition) is 1. The first kappa shape index (κ1) is 14.3. The SMILES string of the molecule is C=CC(=O)Nc1cccc(N(CCC)CCC)c1. The molecule has 1 aromatic rings. The Morgan fingerprint density at radius 1 is 1.33 bits per heavy atom. The van der Waals surface area contributed by atoms with Crippen LogP contribution in [0.3, 0.4) is 0 Å². The van der Waals surface area contributed by atoms with E-state index in [0.29, 0.717) is 0 Å². The summed E-state index contributed by atoms with van der Waals surface area (Å²) in [5.74, 6) is -0.176. The lowest BCUT2D eigenvalue weighted by molar-refractivity contribution is -0.111. The minimum absolute atomic E-state index is 0.176. The topological polar surface area (TPSA) is 32.3 Å². The highest BCUT2D eigenvalue weighted by Gasteiger charge is 2.05. The van der Waals surface area contributed by atoms with Crippen LogP contribution in [0.2, 0.25) is 0 Å². The third kappa shape index (κ3) is 4.24. The van der Waals surface area contributed by atoms with Gasteiger partial charge < -0.3 is 10.2 Å². The predicted molar refractivity (Wildman–Crippen MR) is 78.1 cm³/mol. The molecule has 0 atom stereocenters. The lowest BCUT2D eigenvalue weighted by Gasteiger charge is -2.24. The molecule has 1 N–H and O–H groups in total. The first-order chi connectivity index (χ1) is 8.71. The molecule has 0 saturated carbocycles. The Labute approximate surface area is 109 Å². The molecule has 18 heavy (non-hydrogen) atoms. The zero-order valence-corrected chi connectivity index (χ0v) is 11.3. The average Bonchev–Trinajstić information content (AvgIpc) is 2.38. The van der Waals surface area contributed by atoms with Crippen LogP contribution in [0.1, 0.15) is 26.7 Å². The summed E-state index contributed by atoms with van der Waals surface area (Å²) >= 11 is 0. The minimum Gasteiger partial charge on any atom is -0.371 e. The van der Waals surface area contributed by atoms with Crippen molar-refractivity contribution in [3.8, 4) is 0 Å². The van der Waals surface area contributed by atoms with Crippen LogP contribution in [0.4, 0.5) is 11.4 Å². The number of benzene rings is 1. The summed E-state index contributed by atoms with van der Waals surface area (Å²) in [4.78, 5) is 13.6. The van der Waals surface area contributed by atoms with Gasteiger partial charge in [0.2, 0.25) is 5.91 Å². The fraction of sp³-hybridized carbons (Fsp3) is 0.400. The lowest BCUT2D eigenvalue weighted by Crippen LogP contribution is -2.24. The second-order valence-electron chi connectivity index (χ2n) is 4.23. The van der Waals surface area contributed by atoms with Crippen LogP contribution in [-0.4, -0.2) is 19.0 Å². The van der Waals surface area contributed by atoms with Gasteiger partial charge in [0, 0.05) is 24.5 Å². The predicted octanol–water partition coefficient (Wildman–Crippen LogP) is 3.44. The smallest absolute Gasteiger partial charge is 0.247 e. The summed E-state index contributed by atoms with van der Waals surface area (Å²) < 4.78 is 0. The summed E-state index contributed by atoms with van der Waals surface area (Å²) in [5.41, 5.74) is 1.97. The molecule has 0 aliphatic carbocycles. The number of rotatable bonds is 7. The van der Waals surface area contributed by atoms with Crippen LogP contribution in [0.5, 0.6) is 0 Å². The summed E-state index contributed by atoms with van der Waals surface area (Å²) in [7, 11) is 0. The van der Waals surface area contributed by atoms with E-state index < -0.39 is 0 Å². The standard InChI is InChI=1S/C15H22N2O/c1-4-10-17(11-5-2)14-9-7-8-13(12-14)16-15(18)6-3/h6-9,12H,3-5,10-11H2,1-2H3,(H,16,18). The zero-order valence-electron chi connectivity index (χ0n) is 11.3. The van der Waals surface area contributed by atoms with Crippen LogP contribution in [0.15, 0.2) is 36.9 Å². The molecule has 1 aromatic carbocycles. The Balaban J connectivity index is 2.84. The minimum atomic E-state index is -0.176. The molecule has 0 unspecified atom stereocenters. The van der Waals surface area contributed by atoms with Gasteiger partial charge in [0.25, 0.3) is 0 Å². The van der Waals surface area contributed by atoms with Crippen LogP contribution in [0.25, 0.3) is 0 Å². The monoisotopic (exact) mass is 246 g/mol. The number of amides is 1. The molecule has 0 aromatic heterocycles. The van der Waals surface area contributed by atoms with E-state index >= 15 is 0 Å². The third-order valence-electron chi connectivity index (χ3n) is 2.65. The van der Waals surface area contributed by atoms with Crippen LogP contribution in [0, 0.1) is 0 Å². The Morgan fingerprint density at radius 2 is 2.00 bits per heavy atom. The molecule has 0 bridgehead atoms. The number of nitrogens with zero attached hydrogens (tertiary/aromatic N) is 1. The molecule has 3 nitrogen and oxygen atoms in total. The average molecular weight is 246 g/mol. The molecule has 98 valence electrons. The van der Waals surface area contributed by atoms with Crippen molar-refractivity contribution in [2.75, 3.05) is 23.3 Å². The molecule has 0 radical (unpaired) electrons. The second kappa shape index (κ2) is 7.54. The van der Waals surface area contributed by atoms with Gasteiger partial charge in [0.1, 0.15) is 0 Å². The number of hydrogen-bond acceptors (Lipinski definition) is 2. The fourth-order valence-corrected chi connectivity index (χ4v) is 1.88. The van der Waals surface area contributed by atoms with Gasteiger partial charge in [0.05, 0.1) is 0 Å². The number of anilines is 2. The van der Waals surface area contributed by atoms with E-state index in [1.165, 1.54) is 6.08 Å². The van der Waals surface area contributed by atoms with E-state index in [1.807, 2.05) is 18.2 Å². The molecule has 0 fully saturated rings. The van der Waals surface area contributed by atoms with E-state index in [2.05, 4.69) is 36.7 Å². The second-order valence-corrected chi connectivity index (χ2v) is 4.23. The van der Waals surface area contributed by atoms with Crippen molar-refractivity contribution in [2.45, 2.75) is 26.7 Å². The zero-order chi connectivity index (χ0) is 13.4. The normalized spacial score (nSPS) is 9.89. The quantitative estimate of drug-likeness (QED) is 0.747. The van der Waals surface area contributed by atoms with Gasteiger partial charge in [0.15, 0.2) is 0 Å². The van der Waals surface area contributed by atoms with E-state index in [4.69, 9.17) is 0 Å². The van der Waals surface area contributed by atoms with Crippen molar-refractivity contribution in [2.24, 2.45) is 0 Å². The van der Waals surface area contributed by atoms with Crippen molar-refractivity contribution in [1.82, 2.24) is 0 Å². The largest absolute Gasteiger partial charge is 0.371 e. The molecule has 0 aliphatic rings. The Bertz CT molecular complexity index is 395. The third-order valence-corrected chi connectivity index (χ3v) is 2.65. The number of carbonyl (C=O) groups excluding carboxylic acids is 1. The van der Waals surface area contributed by atoms with Crippen LogP contribution < -0.4 is 10.2 Å². The maximum atomic E-state index is 11.3. The highest BCUT2D eigenvalue weighted by Crippen LogP contribution is 2.20. The highest BCUT2D eigenvalue weighted by molar-refractivity contribution is 5.99. The first-order valence-corrected chi connectivity index (χ1v) is 6.49. The van der Waals surface area contributed by atoms with Gasteiger partial charge in [-0.1, -0.05) is 26.5 Å². The van der Waals surface area contributed by atoms with E-state index in [9.17, 15) is 4.79 Å². The number of carbonyl (C=O) groups is 1. The molecule has 0 saturated heterocycles. The fourth-order valence-electron chi connectivity index (χ4n) is 1.88. The van der Waals surface area contributed by atoms with Crippen LogP contribution in [-0.2, 0) is 4.79 Å². The molecule has 0 spiro atoms. The molecular formula is C15H22N2O. The van der Waals surface area contributed by atoms with Gasteiger partial charge in [-0.05, 0) is 37.1 Å². The van der Waals surface area contributed by atoms with E-state index in [-0.39, 0.29) is 5.91 Å². The maximum absolute atomic E-state index is 11.3. The first-order valence-electron chi connectivity index (χ1n) is 6.49. The molecule has 3 heteroatoms. The van der Waals surface area contributed by atoms with Crippen molar-refractivity contribution in [3.05, 3.63) is 36.9 Å². The lowest BCUT2D eigenvalue weighted by atomic mass is 10.2. The summed E-state index contributed by atoms with van der Waals surface area (Å²) in [6.45, 7) is 9.86. The molecule has 0 heterocycles. The Kier molecular flexibility index (Phi) is 5.98.